The highest BCUT2D eigenvalue weighted by Crippen LogP contribution is 2.33. The largest absolute Gasteiger partial charge is 0.379 e. The molecular weight excluding hydrogens is 446 g/mol. The van der Waals surface area contributed by atoms with E-state index in [1.54, 1.807) is 18.2 Å². The topological polar surface area (TPSA) is 72.7 Å². The highest BCUT2D eigenvalue weighted by atomic mass is 35.5. The third-order valence-corrected chi connectivity index (χ3v) is 6.20. The van der Waals surface area contributed by atoms with Crippen molar-refractivity contribution in [1.29, 1.82) is 0 Å². The van der Waals surface area contributed by atoms with Crippen molar-refractivity contribution in [2.24, 2.45) is 0 Å². The number of hydrogen-bond acceptors (Lipinski definition) is 5. The van der Waals surface area contributed by atoms with Crippen LogP contribution in [0.15, 0.2) is 71.8 Å². The van der Waals surface area contributed by atoms with Crippen LogP contribution in [0.4, 0.5) is 5.82 Å². The van der Waals surface area contributed by atoms with Crippen molar-refractivity contribution in [2.45, 2.75) is 38.1 Å². The number of nitrogens with one attached hydrogen (secondary N) is 1. The smallest absolute Gasteiger partial charge is 0.339 e. The lowest BCUT2D eigenvalue weighted by molar-refractivity contribution is 0.486. The summed E-state index contributed by atoms with van der Waals surface area (Å²) >= 11 is 5.86. The maximum Gasteiger partial charge on any atom is 0.339 e. The molecule has 4 rings (SSSR count). The summed E-state index contributed by atoms with van der Waals surface area (Å²) in [6.45, 7) is 8.23. The van der Waals surface area contributed by atoms with E-state index in [1.165, 1.54) is 24.3 Å². The van der Waals surface area contributed by atoms with E-state index < -0.39 is 10.1 Å². The first-order valence-electron chi connectivity index (χ1n) is 10.1. The molecule has 0 spiro atoms. The van der Waals surface area contributed by atoms with Gasteiger partial charge in [-0.3, -0.25) is 4.40 Å². The van der Waals surface area contributed by atoms with Gasteiger partial charge < -0.3 is 9.50 Å². The lowest BCUT2D eigenvalue weighted by atomic mass is 10.1. The minimum atomic E-state index is -4.00. The van der Waals surface area contributed by atoms with Crippen molar-refractivity contribution in [3.05, 3.63) is 77.4 Å². The van der Waals surface area contributed by atoms with E-state index >= 15 is 0 Å². The highest BCUT2D eigenvalue weighted by molar-refractivity contribution is 7.87. The number of nitrogens with zero attached hydrogens (tertiary/aromatic N) is 2. The molecule has 0 atom stereocenters. The Morgan fingerprint density at radius 1 is 1.03 bits per heavy atom. The van der Waals surface area contributed by atoms with Crippen LogP contribution in [0.1, 0.15) is 26.3 Å². The predicted octanol–water partition coefficient (Wildman–Crippen LogP) is 5.94. The van der Waals surface area contributed by atoms with Crippen molar-refractivity contribution in [3.63, 3.8) is 0 Å². The van der Waals surface area contributed by atoms with Gasteiger partial charge in [-0.05, 0) is 81.8 Å². The minimum Gasteiger partial charge on any atom is -0.379 e. The van der Waals surface area contributed by atoms with Gasteiger partial charge in [0.25, 0.3) is 0 Å². The second-order valence-electron chi connectivity index (χ2n) is 8.64. The zero-order valence-corrected chi connectivity index (χ0v) is 19.8. The van der Waals surface area contributed by atoms with Crippen molar-refractivity contribution in [2.75, 3.05) is 5.32 Å². The highest BCUT2D eigenvalue weighted by Gasteiger charge is 2.21. The summed E-state index contributed by atoms with van der Waals surface area (Å²) in [5.74, 6) is 1.03. The Labute approximate surface area is 193 Å². The molecule has 0 aliphatic rings. The molecule has 0 saturated heterocycles. The van der Waals surface area contributed by atoms with Crippen LogP contribution in [0, 0.1) is 6.92 Å². The maximum absolute atomic E-state index is 12.7. The van der Waals surface area contributed by atoms with E-state index in [2.05, 4.69) is 26.1 Å². The van der Waals surface area contributed by atoms with Crippen LogP contribution in [0.2, 0.25) is 5.02 Å². The fraction of sp³-hybridized carbons (Fsp3) is 0.208. The molecule has 2 aromatic carbocycles. The number of benzene rings is 2. The Hall–Kier alpha value is -3.03. The van der Waals surface area contributed by atoms with E-state index in [1.807, 2.05) is 35.7 Å². The minimum absolute atomic E-state index is 0.0330. The van der Waals surface area contributed by atoms with Gasteiger partial charge in [-0.25, -0.2) is 4.98 Å². The molecule has 0 aliphatic heterocycles. The third kappa shape index (κ3) is 4.74. The second-order valence-corrected chi connectivity index (χ2v) is 10.6. The fourth-order valence-electron chi connectivity index (χ4n) is 3.29. The number of aryl methyl sites for hydroxylation is 1. The molecule has 0 bridgehead atoms. The van der Waals surface area contributed by atoms with Crippen LogP contribution in [-0.4, -0.2) is 23.3 Å². The van der Waals surface area contributed by atoms with Crippen LogP contribution in [0.5, 0.6) is 5.75 Å². The van der Waals surface area contributed by atoms with E-state index in [0.29, 0.717) is 10.7 Å². The first-order valence-corrected chi connectivity index (χ1v) is 11.9. The SMILES string of the molecule is Cc1ccn2c(NC(C)(C)C)c(-c3cccc(OS(=O)(=O)c4ccc(Cl)cc4)c3)nc2c1. The molecule has 6 nitrogen and oxygen atoms in total. The number of imidazole rings is 1. The molecule has 32 heavy (non-hydrogen) atoms. The number of hydrogen-bond donors (Lipinski definition) is 1. The van der Waals surface area contributed by atoms with Gasteiger partial charge in [0.15, 0.2) is 0 Å². The van der Waals surface area contributed by atoms with Crippen molar-refractivity contribution in [1.82, 2.24) is 9.38 Å². The van der Waals surface area contributed by atoms with Gasteiger partial charge in [0.1, 0.15) is 27.8 Å². The normalized spacial score (nSPS) is 12.2. The molecule has 0 aliphatic carbocycles. The summed E-state index contributed by atoms with van der Waals surface area (Å²) in [6, 6.07) is 16.8. The Bertz CT molecular complexity index is 1390. The number of rotatable bonds is 5. The van der Waals surface area contributed by atoms with Gasteiger partial charge in [0.05, 0.1) is 0 Å². The summed E-state index contributed by atoms with van der Waals surface area (Å²) in [5.41, 5.74) is 3.14. The molecule has 0 unspecified atom stereocenters. The number of pyridine rings is 1. The number of halogens is 1. The van der Waals surface area contributed by atoms with Crippen molar-refractivity contribution >= 4 is 33.2 Å². The maximum atomic E-state index is 12.7. The zero-order valence-electron chi connectivity index (χ0n) is 18.3. The van der Waals surface area contributed by atoms with Gasteiger partial charge in [-0.15, -0.1) is 0 Å². The van der Waals surface area contributed by atoms with Crippen LogP contribution in [-0.2, 0) is 10.1 Å². The Kier molecular flexibility index (Phi) is 5.65. The predicted molar refractivity (Wildman–Crippen MR) is 128 cm³/mol. The second kappa shape index (κ2) is 8.15. The Balaban J connectivity index is 1.76. The Morgan fingerprint density at radius 3 is 2.44 bits per heavy atom. The van der Waals surface area contributed by atoms with Gasteiger partial charge in [0, 0.05) is 22.3 Å². The van der Waals surface area contributed by atoms with Gasteiger partial charge in [-0.2, -0.15) is 8.42 Å². The van der Waals surface area contributed by atoms with Crippen molar-refractivity contribution in [3.8, 4) is 17.0 Å². The van der Waals surface area contributed by atoms with Crippen molar-refractivity contribution < 1.29 is 12.6 Å². The summed E-state index contributed by atoms with van der Waals surface area (Å²) in [5, 5.41) is 3.97. The summed E-state index contributed by atoms with van der Waals surface area (Å²) in [4.78, 5) is 4.85. The average Bonchev–Trinajstić information content (AvgIpc) is 3.04. The first-order chi connectivity index (χ1) is 15.0. The molecule has 1 N–H and O–H groups in total. The Morgan fingerprint density at radius 2 is 1.75 bits per heavy atom. The number of anilines is 1. The molecule has 0 fully saturated rings. The fourth-order valence-corrected chi connectivity index (χ4v) is 4.34. The molecule has 0 amide bonds. The molecule has 2 aromatic heterocycles. The molecule has 8 heteroatoms. The monoisotopic (exact) mass is 469 g/mol. The molecule has 0 radical (unpaired) electrons. The lowest BCUT2D eigenvalue weighted by Crippen LogP contribution is -2.27. The van der Waals surface area contributed by atoms with Gasteiger partial charge in [0.2, 0.25) is 0 Å². The number of fused-ring (bicyclic) bond motifs is 1. The average molecular weight is 470 g/mol. The van der Waals surface area contributed by atoms with Crippen LogP contribution >= 0.6 is 11.6 Å². The summed E-state index contributed by atoms with van der Waals surface area (Å²) in [7, 11) is -4.00. The molecule has 4 aromatic rings. The van der Waals surface area contributed by atoms with Crippen LogP contribution in [0.3, 0.4) is 0 Å². The molecule has 2 heterocycles. The standard InChI is InChI=1S/C24H24ClN3O3S/c1-16-12-13-28-21(14-16)26-22(23(28)27-24(2,3)4)17-6-5-7-19(15-17)31-32(29,30)20-10-8-18(25)9-11-20/h5-15,27H,1-4H3. The van der Waals surface area contributed by atoms with E-state index in [-0.39, 0.29) is 16.2 Å². The van der Waals surface area contributed by atoms with Crippen LogP contribution < -0.4 is 9.50 Å². The van der Waals surface area contributed by atoms with E-state index in [4.69, 9.17) is 20.8 Å². The third-order valence-electron chi connectivity index (χ3n) is 4.69. The molecular formula is C24H24ClN3O3S. The van der Waals surface area contributed by atoms with E-state index in [9.17, 15) is 8.42 Å². The van der Waals surface area contributed by atoms with E-state index in [0.717, 1.165) is 22.6 Å². The van der Waals surface area contributed by atoms with Crippen LogP contribution in [0.25, 0.3) is 16.9 Å². The number of aromatic nitrogens is 2. The first kappa shape index (κ1) is 22.2. The summed E-state index contributed by atoms with van der Waals surface area (Å²) in [6.07, 6.45) is 1.97. The zero-order chi connectivity index (χ0) is 23.1. The lowest BCUT2D eigenvalue weighted by Gasteiger charge is -2.22. The molecule has 0 saturated carbocycles. The summed E-state index contributed by atoms with van der Waals surface area (Å²) < 4.78 is 32.8. The molecule has 166 valence electrons. The van der Waals surface area contributed by atoms with Gasteiger partial charge in [-0.1, -0.05) is 23.7 Å². The van der Waals surface area contributed by atoms with Gasteiger partial charge >= 0.3 is 10.1 Å². The quantitative estimate of drug-likeness (QED) is 0.366.